The van der Waals surface area contributed by atoms with Gasteiger partial charge < -0.3 is 0 Å². The normalized spacial score (nSPS) is 38.2. The molecule has 2 amide bonds. The summed E-state index contributed by atoms with van der Waals surface area (Å²) in [5.41, 5.74) is 0.706. The Morgan fingerprint density at radius 2 is 1.40 bits per heavy atom. The summed E-state index contributed by atoms with van der Waals surface area (Å²) < 4.78 is 0. The second-order valence-corrected chi connectivity index (χ2v) is 8.55. The maximum Gasteiger partial charge on any atom is 0.238 e. The summed E-state index contributed by atoms with van der Waals surface area (Å²) in [4.78, 5) is 28.1. The van der Waals surface area contributed by atoms with Crippen LogP contribution >= 0.6 is 11.6 Å². The van der Waals surface area contributed by atoms with Crippen molar-refractivity contribution in [3.05, 3.63) is 41.4 Å². The summed E-state index contributed by atoms with van der Waals surface area (Å²) in [5.74, 6) is 2.18. The van der Waals surface area contributed by atoms with Gasteiger partial charge in [0, 0.05) is 15.8 Å². The number of amides is 2. The Morgan fingerprint density at radius 1 is 0.800 bits per heavy atom. The zero-order chi connectivity index (χ0) is 16.9. The van der Waals surface area contributed by atoms with Crippen molar-refractivity contribution >= 4 is 39.9 Å². The second kappa shape index (κ2) is 4.64. The van der Waals surface area contributed by atoms with Gasteiger partial charge in [0.05, 0.1) is 17.5 Å². The fourth-order valence-electron chi connectivity index (χ4n) is 6.22. The van der Waals surface area contributed by atoms with Crippen LogP contribution in [0.4, 0.5) is 5.69 Å². The topological polar surface area (TPSA) is 37.4 Å². The summed E-state index contributed by atoms with van der Waals surface area (Å²) in [5, 5.41) is 2.42. The van der Waals surface area contributed by atoms with E-state index >= 15 is 0 Å². The number of fused-ring (bicyclic) bond motifs is 2. The van der Waals surface area contributed by atoms with Crippen molar-refractivity contribution in [3.63, 3.8) is 0 Å². The van der Waals surface area contributed by atoms with Crippen LogP contribution < -0.4 is 4.90 Å². The minimum absolute atomic E-state index is 0.0301. The van der Waals surface area contributed by atoms with Gasteiger partial charge in [0.2, 0.25) is 11.8 Å². The molecule has 0 radical (unpaired) electrons. The lowest BCUT2D eigenvalue weighted by Crippen LogP contribution is -2.43. The molecule has 126 valence electrons. The highest BCUT2D eigenvalue weighted by Gasteiger charge is 2.68. The Kier molecular flexibility index (Phi) is 2.66. The van der Waals surface area contributed by atoms with Crippen molar-refractivity contribution < 1.29 is 9.59 Å². The zero-order valence-electron chi connectivity index (χ0n) is 13.7. The average Bonchev–Trinajstić information content (AvgIpc) is 3.41. The number of carbonyl (C=O) groups is 2. The number of imide groups is 1. The van der Waals surface area contributed by atoms with Crippen LogP contribution in [0.1, 0.15) is 19.3 Å². The second-order valence-electron chi connectivity index (χ2n) is 8.14. The SMILES string of the molecule is O=C1[C@@H]2[C@@H]3CC[C@@H]([C@@H]4C[C@@H]43)[C@@H]2C(=O)N1c1ccc(Cl)c2ccccc12. The first-order chi connectivity index (χ1) is 12.2. The van der Waals surface area contributed by atoms with E-state index in [1.807, 2.05) is 30.3 Å². The standard InChI is InChI=1S/C21H18ClNO2/c22-16-7-8-17(11-4-2-1-3-10(11)16)23-20(24)18-12-5-6-13(15-9-14(12)15)19(18)21(23)25/h1-4,7-8,12-15,18-19H,5-6,9H2/t12-,13+,14-,15+,18-,19+. The number of halogens is 1. The van der Waals surface area contributed by atoms with Crippen LogP contribution in [0.15, 0.2) is 36.4 Å². The smallest absolute Gasteiger partial charge is 0.238 e. The van der Waals surface area contributed by atoms with Gasteiger partial charge in [-0.2, -0.15) is 0 Å². The van der Waals surface area contributed by atoms with E-state index in [0.717, 1.165) is 23.6 Å². The van der Waals surface area contributed by atoms with E-state index in [0.29, 0.717) is 34.4 Å². The predicted molar refractivity (Wildman–Crippen MR) is 96.2 cm³/mol. The van der Waals surface area contributed by atoms with Gasteiger partial charge in [-0.15, -0.1) is 0 Å². The van der Waals surface area contributed by atoms with Crippen molar-refractivity contribution in [2.75, 3.05) is 4.90 Å². The van der Waals surface area contributed by atoms with Gasteiger partial charge in [-0.05, 0) is 55.1 Å². The molecule has 0 aromatic heterocycles. The van der Waals surface area contributed by atoms with Crippen molar-refractivity contribution in [2.24, 2.45) is 35.5 Å². The van der Waals surface area contributed by atoms with Crippen LogP contribution in [0, 0.1) is 35.5 Å². The molecule has 4 saturated carbocycles. The van der Waals surface area contributed by atoms with Crippen molar-refractivity contribution in [1.82, 2.24) is 0 Å². The molecule has 2 aromatic carbocycles. The fraction of sp³-hybridized carbons (Fsp3) is 0.429. The molecule has 2 aromatic rings. The third kappa shape index (κ3) is 1.68. The summed E-state index contributed by atoms with van der Waals surface area (Å²) >= 11 is 6.32. The van der Waals surface area contributed by atoms with Gasteiger partial charge in [-0.1, -0.05) is 35.9 Å². The molecule has 5 aliphatic rings. The molecular formula is C21H18ClNO2. The Bertz CT molecular complexity index is 920. The molecule has 5 fully saturated rings. The Balaban J connectivity index is 1.51. The summed E-state index contributed by atoms with van der Waals surface area (Å²) in [7, 11) is 0. The molecule has 4 heteroatoms. The molecule has 4 aliphatic carbocycles. The highest BCUT2D eigenvalue weighted by molar-refractivity contribution is 6.36. The van der Waals surface area contributed by atoms with E-state index in [1.165, 1.54) is 11.3 Å². The van der Waals surface area contributed by atoms with E-state index in [4.69, 9.17) is 11.6 Å². The molecule has 0 spiro atoms. The van der Waals surface area contributed by atoms with Crippen molar-refractivity contribution in [2.45, 2.75) is 19.3 Å². The van der Waals surface area contributed by atoms with E-state index < -0.39 is 0 Å². The van der Waals surface area contributed by atoms with E-state index in [1.54, 1.807) is 6.07 Å². The molecular weight excluding hydrogens is 334 g/mol. The van der Waals surface area contributed by atoms with Gasteiger partial charge in [-0.25, -0.2) is 4.90 Å². The number of nitrogens with zero attached hydrogens (tertiary/aromatic N) is 1. The molecule has 6 atom stereocenters. The minimum Gasteiger partial charge on any atom is -0.274 e. The third-order valence-corrected chi connectivity index (χ3v) is 7.56. The van der Waals surface area contributed by atoms with Gasteiger partial charge in [0.25, 0.3) is 0 Å². The minimum atomic E-state index is -0.0792. The molecule has 0 unspecified atom stereocenters. The number of carbonyl (C=O) groups excluding carboxylic acids is 2. The molecule has 2 bridgehead atoms. The van der Waals surface area contributed by atoms with Crippen LogP contribution in [-0.4, -0.2) is 11.8 Å². The van der Waals surface area contributed by atoms with Crippen LogP contribution in [0.3, 0.4) is 0 Å². The Morgan fingerprint density at radius 3 is 2.04 bits per heavy atom. The maximum absolute atomic E-state index is 13.3. The molecule has 0 N–H and O–H groups in total. The molecule has 1 saturated heterocycles. The van der Waals surface area contributed by atoms with Gasteiger partial charge in [0.1, 0.15) is 0 Å². The molecule has 1 heterocycles. The Hall–Kier alpha value is -1.87. The zero-order valence-corrected chi connectivity index (χ0v) is 14.4. The number of hydrogen-bond acceptors (Lipinski definition) is 2. The molecule has 25 heavy (non-hydrogen) atoms. The van der Waals surface area contributed by atoms with Crippen LogP contribution in [0.25, 0.3) is 10.8 Å². The maximum atomic E-state index is 13.3. The van der Waals surface area contributed by atoms with Crippen LogP contribution in [0.5, 0.6) is 0 Å². The van der Waals surface area contributed by atoms with Crippen LogP contribution in [-0.2, 0) is 9.59 Å². The predicted octanol–water partition coefficient (Wildman–Crippen LogP) is 4.27. The third-order valence-electron chi connectivity index (χ3n) is 7.23. The first-order valence-electron chi connectivity index (χ1n) is 9.22. The molecule has 7 rings (SSSR count). The van der Waals surface area contributed by atoms with E-state index in [9.17, 15) is 9.59 Å². The number of anilines is 1. The summed E-state index contributed by atoms with van der Waals surface area (Å²) in [6, 6.07) is 11.4. The van der Waals surface area contributed by atoms with Crippen LogP contribution in [0.2, 0.25) is 5.02 Å². The quantitative estimate of drug-likeness (QED) is 0.719. The largest absolute Gasteiger partial charge is 0.274 e. The highest BCUT2D eigenvalue weighted by atomic mass is 35.5. The van der Waals surface area contributed by atoms with Crippen molar-refractivity contribution in [3.8, 4) is 0 Å². The Labute approximate surface area is 150 Å². The lowest BCUT2D eigenvalue weighted by Gasteiger charge is -2.42. The first-order valence-corrected chi connectivity index (χ1v) is 9.59. The molecule has 3 nitrogen and oxygen atoms in total. The number of rotatable bonds is 1. The van der Waals surface area contributed by atoms with E-state index in [2.05, 4.69) is 0 Å². The van der Waals surface area contributed by atoms with Gasteiger partial charge in [-0.3, -0.25) is 9.59 Å². The fourth-order valence-corrected chi connectivity index (χ4v) is 6.44. The van der Waals surface area contributed by atoms with Gasteiger partial charge >= 0.3 is 0 Å². The monoisotopic (exact) mass is 351 g/mol. The summed E-state index contributed by atoms with van der Waals surface area (Å²) in [6.45, 7) is 0. The number of hydrogen-bond donors (Lipinski definition) is 0. The van der Waals surface area contributed by atoms with Crippen molar-refractivity contribution in [1.29, 1.82) is 0 Å². The van der Waals surface area contributed by atoms with Gasteiger partial charge in [0.15, 0.2) is 0 Å². The first kappa shape index (κ1) is 14.3. The van der Waals surface area contributed by atoms with E-state index in [-0.39, 0.29) is 23.7 Å². The molecule has 1 aliphatic heterocycles. The lowest BCUT2D eigenvalue weighted by atomic mass is 9.59. The summed E-state index contributed by atoms with van der Waals surface area (Å²) in [6.07, 6.45) is 3.50. The average molecular weight is 352 g/mol. The highest BCUT2D eigenvalue weighted by Crippen LogP contribution is 2.68. The lowest BCUT2D eigenvalue weighted by molar-refractivity contribution is -0.129. The number of benzene rings is 2.